The first-order valence-corrected chi connectivity index (χ1v) is 46.0. The van der Waals surface area contributed by atoms with E-state index in [1.54, 1.807) is 99.4 Å². The number of fused-ring (bicyclic) bond motifs is 4. The highest BCUT2D eigenvalue weighted by Crippen LogP contribution is 2.49. The van der Waals surface area contributed by atoms with E-state index in [2.05, 4.69) is 92.8 Å². The number of urea groups is 4. The van der Waals surface area contributed by atoms with Crippen molar-refractivity contribution < 1.29 is 89.4 Å². The van der Waals surface area contributed by atoms with E-state index in [4.69, 9.17) is 61.1 Å². The average molecular weight is 2050 g/mol. The summed E-state index contributed by atoms with van der Waals surface area (Å²) in [7, 11) is 15.3. The van der Waals surface area contributed by atoms with Crippen LogP contribution in [0.4, 0.5) is 119 Å². The van der Waals surface area contributed by atoms with Crippen molar-refractivity contribution in [1.82, 2.24) is 45.2 Å². The molecule has 2 atom stereocenters. The Morgan fingerprint density at radius 3 is 1.21 bits per heavy atom. The van der Waals surface area contributed by atoms with Crippen LogP contribution in [-0.2, 0) is 70.8 Å². The zero-order valence-electron chi connectivity index (χ0n) is 81.8. The van der Waals surface area contributed by atoms with Crippen LogP contribution in [-0.4, -0.2) is 183 Å². The van der Waals surface area contributed by atoms with E-state index in [0.29, 0.717) is 109 Å². The molecule has 5 N–H and O–H groups in total. The van der Waals surface area contributed by atoms with Gasteiger partial charge in [-0.15, -0.1) is 0 Å². The van der Waals surface area contributed by atoms with Gasteiger partial charge in [-0.05, 0) is 90.6 Å². The van der Waals surface area contributed by atoms with Crippen LogP contribution in [0.5, 0.6) is 46.0 Å². The molecule has 1 saturated carbocycles. The van der Waals surface area contributed by atoms with Crippen LogP contribution in [0.25, 0.3) is 0 Å². The van der Waals surface area contributed by atoms with Crippen molar-refractivity contribution in [2.24, 2.45) is 0 Å². The van der Waals surface area contributed by atoms with Crippen LogP contribution >= 0.6 is 23.2 Å². The molecule has 44 heteroatoms. The first kappa shape index (κ1) is 107. The molecule has 0 bridgehead atoms. The van der Waals surface area contributed by atoms with Gasteiger partial charge < -0.3 is 64.5 Å². The summed E-state index contributed by atoms with van der Waals surface area (Å²) in [6.07, 6.45) is 10.6. The Morgan fingerprint density at radius 2 is 0.803 bits per heavy atom. The number of allylic oxidation sites excluding steroid dienone is 3. The largest absolute Gasteiger partial charge is 0.497 e. The number of nitrogens with zero attached hydrogens (tertiary/aromatic N) is 18. The van der Waals surface area contributed by atoms with Crippen LogP contribution in [0.2, 0.25) is 10.0 Å². The summed E-state index contributed by atoms with van der Waals surface area (Å²) >= 11 is 13.1. The fourth-order valence-corrected chi connectivity index (χ4v) is 17.0. The quantitative estimate of drug-likeness (QED) is 0.0188. The van der Waals surface area contributed by atoms with Gasteiger partial charge in [-0.1, -0.05) is 98.8 Å². The summed E-state index contributed by atoms with van der Waals surface area (Å²) in [6, 6.07) is 35.4. The summed E-state index contributed by atoms with van der Waals surface area (Å²) in [5.41, 5.74) is 7.95. The smallest absolute Gasteiger partial charge is 0.416 e. The molecule has 4 aromatic heterocycles. The Bertz CT molecular complexity index is 6930. The number of benzene rings is 7. The number of anilines is 15. The fraction of sp³-hybridized carbons (Fsp3) is 0.262. The van der Waals surface area contributed by atoms with Gasteiger partial charge in [0, 0.05) is 170 Å². The molecule has 0 radical (unpaired) electrons. The molecular formula is C103H102Cl2F3N23O16. The number of nitriles is 2. The SMILES string of the molecule is C=CC(=O)Cc1ccc(C(F)(F)F)cc1Nc1ncc2c(n1)N(C)C(=O)N(c1cc(OC)cc(OC)c1)C2.C=CC(=O)Cc1ccc(C)cc1Nc1ncc2c(n1)N(C)C(=O)N(c1cc(OC)cc(OC)c1)C2.C=CC(=O)Cc1ccccc1Nc1ncc2c(n1)N(CC#N)C(=O)N(c1cc(OC)cc(OC)c1)C2.C=CC(=O)NC1CCCCC1Nc1ncc2c(n1)N(CC#N)C(=O)N(c1c(Cl)c(OC)cc(OC)c1Cl)C2. The van der Waals surface area contributed by atoms with E-state index in [1.165, 1.54) is 121 Å². The number of rotatable bonds is 33. The van der Waals surface area contributed by atoms with E-state index >= 15 is 0 Å². The summed E-state index contributed by atoms with van der Waals surface area (Å²) in [5, 5.41) is 34.5. The number of ketones is 3. The van der Waals surface area contributed by atoms with Gasteiger partial charge in [-0.25, -0.2) is 39.1 Å². The molecule has 1 aliphatic carbocycles. The maximum Gasteiger partial charge on any atom is 0.416 e. The number of nitrogens with one attached hydrogen (secondary N) is 5. The normalized spacial score (nSPS) is 14.3. The number of alkyl halides is 3. The van der Waals surface area contributed by atoms with E-state index in [0.717, 1.165) is 71.8 Å². The highest BCUT2D eigenvalue weighted by molar-refractivity contribution is 6.42. The van der Waals surface area contributed by atoms with Gasteiger partial charge in [0.2, 0.25) is 29.7 Å². The fourth-order valence-electron chi connectivity index (χ4n) is 16.3. The molecule has 760 valence electrons. The number of methoxy groups -OCH3 is 8. The van der Waals surface area contributed by atoms with Gasteiger partial charge in [0.05, 0.1) is 124 Å². The topological polar surface area (TPSA) is 447 Å². The summed E-state index contributed by atoms with van der Waals surface area (Å²) in [6.45, 7) is 16.2. The third-order valence-electron chi connectivity index (χ3n) is 23.8. The molecule has 2 unspecified atom stereocenters. The molecule has 5 aliphatic rings. The summed E-state index contributed by atoms with van der Waals surface area (Å²) in [4.78, 5) is 148. The van der Waals surface area contributed by atoms with Crippen molar-refractivity contribution >= 4 is 157 Å². The Hall–Kier alpha value is -17.7. The van der Waals surface area contributed by atoms with E-state index in [9.17, 15) is 62.1 Å². The maximum absolute atomic E-state index is 13.7. The molecule has 16 rings (SSSR count). The highest BCUT2D eigenvalue weighted by atomic mass is 35.5. The van der Waals surface area contributed by atoms with Crippen molar-refractivity contribution in [3.05, 3.63) is 257 Å². The number of hydrogen-bond acceptors (Lipinski definition) is 30. The molecule has 8 heterocycles. The molecular weight excluding hydrogens is 1940 g/mol. The van der Waals surface area contributed by atoms with E-state index in [-0.39, 0.29) is 150 Å². The van der Waals surface area contributed by atoms with Gasteiger partial charge in [-0.3, -0.25) is 58.4 Å². The molecule has 147 heavy (non-hydrogen) atoms. The number of carbonyl (C=O) groups is 8. The number of carbonyl (C=O) groups excluding carboxylic acids is 8. The number of aromatic nitrogens is 8. The third kappa shape index (κ3) is 25.0. The van der Waals surface area contributed by atoms with Gasteiger partial charge >= 0.3 is 30.3 Å². The van der Waals surface area contributed by atoms with Crippen molar-refractivity contribution in [3.8, 4) is 58.1 Å². The van der Waals surface area contributed by atoms with Crippen LogP contribution < -0.4 is 104 Å². The zero-order valence-corrected chi connectivity index (χ0v) is 83.3. The van der Waals surface area contributed by atoms with Gasteiger partial charge in [0.15, 0.2) is 17.3 Å². The average Bonchev–Trinajstić information content (AvgIpc) is 0.752. The van der Waals surface area contributed by atoms with Crippen LogP contribution in [0.15, 0.2) is 197 Å². The van der Waals surface area contributed by atoms with Gasteiger partial charge in [-0.2, -0.15) is 43.6 Å². The first-order valence-electron chi connectivity index (χ1n) is 45.2. The van der Waals surface area contributed by atoms with Gasteiger partial charge in [0.25, 0.3) is 0 Å². The van der Waals surface area contributed by atoms with Crippen molar-refractivity contribution in [3.63, 3.8) is 0 Å². The Kier molecular flexibility index (Phi) is 34.8. The van der Waals surface area contributed by atoms with Crippen molar-refractivity contribution in [2.45, 2.75) is 96.3 Å². The Labute approximate surface area is 853 Å². The number of amides is 9. The van der Waals surface area contributed by atoms with Crippen LogP contribution in [0.1, 0.15) is 75.8 Å². The predicted octanol–water partition coefficient (Wildman–Crippen LogP) is 17.9. The molecule has 9 amide bonds. The number of halogens is 5. The van der Waals surface area contributed by atoms with Crippen LogP contribution in [0.3, 0.4) is 0 Å². The second-order valence-electron chi connectivity index (χ2n) is 33.2. The predicted molar refractivity (Wildman–Crippen MR) is 549 cm³/mol. The number of para-hydroxylation sites is 1. The second kappa shape index (κ2) is 47.9. The lowest BCUT2D eigenvalue weighted by Gasteiger charge is -2.36. The Morgan fingerprint density at radius 1 is 0.442 bits per heavy atom. The zero-order chi connectivity index (χ0) is 106. The minimum Gasteiger partial charge on any atom is -0.497 e. The highest BCUT2D eigenvalue weighted by Gasteiger charge is 2.41. The molecule has 7 aromatic carbocycles. The van der Waals surface area contributed by atoms with Crippen LogP contribution in [0, 0.1) is 29.6 Å². The lowest BCUT2D eigenvalue weighted by Crippen LogP contribution is -2.49. The maximum atomic E-state index is 13.7. The standard InChI is InChI=1S/C26H24F3N5O4.C26H24N6O4.C26H27N5O4.C25H27Cl2N7O4/c1-5-19(35)8-15-6-7-17(26(27,28)29)9-22(15)31-24-30-13-16-14-34(25(36)33(2)23(16)32-24)18-10-20(37-3)12-21(11-18)38-4;1-4-20(33)11-17-7-5-6-8-23(17)29-25-28-15-18-16-32(26(34)31(10-9-27)24(18)30-25)19-12-21(35-2)14-22(13-19)36-3;1-6-20(32)10-17-8-7-16(2)9-23(17)28-25-27-14-18-15-31(26(33)30(3)24(18)29-25)19-11-21(34-4)13-22(12-19)35-5;1-4-19(35)30-15-7-5-6-8-16(15)31-24-29-12-14-13-34(25(36)33(10-9-28)23(14)32-24)22-20(26)17(37-2)11-18(38-3)21(22)27/h5-7,9-13H,1,8,14H2,2-4H3,(H,30,31,32);4-8,12-15H,1,10-11,16H2,2-3H3,(H,28,29,30);6-9,11-14H,1,10,15H2,2-5H3,(H,27,28,29);4,11-12,15-16H,1,5-8,10,13H2,2-3H3,(H,30,35)(H,29,31,32). The molecule has 1 fully saturated rings. The molecule has 0 saturated heterocycles. The lowest BCUT2D eigenvalue weighted by atomic mass is 9.90. The van der Waals surface area contributed by atoms with E-state index in [1.807, 2.05) is 61.5 Å². The number of aryl methyl sites for hydroxylation is 1. The minimum absolute atomic E-state index is 0.0184. The summed E-state index contributed by atoms with van der Waals surface area (Å²) in [5.74, 6) is 5.23. The number of ether oxygens (including phenoxy) is 8. The monoisotopic (exact) mass is 2040 g/mol. The van der Waals surface area contributed by atoms with Crippen molar-refractivity contribution in [2.75, 3.05) is 145 Å². The molecule has 4 aliphatic heterocycles. The van der Waals surface area contributed by atoms with Crippen molar-refractivity contribution in [1.29, 1.82) is 10.5 Å². The Balaban J connectivity index is 0.000000164. The minimum atomic E-state index is -4.59. The first-order chi connectivity index (χ1) is 70.6. The molecule has 11 aromatic rings. The van der Waals surface area contributed by atoms with E-state index < -0.39 is 29.8 Å². The second-order valence-corrected chi connectivity index (χ2v) is 33.9. The van der Waals surface area contributed by atoms with Gasteiger partial charge in [0.1, 0.15) is 92.4 Å². The summed E-state index contributed by atoms with van der Waals surface area (Å²) < 4.78 is 82.7. The lowest BCUT2D eigenvalue weighted by molar-refractivity contribution is -0.137. The third-order valence-corrected chi connectivity index (χ3v) is 24.6. The molecule has 39 nitrogen and oxygen atoms in total. The number of hydrogen-bond donors (Lipinski definition) is 5. The molecule has 0 spiro atoms.